The highest BCUT2D eigenvalue weighted by atomic mass is 35.5. The molecule has 0 bridgehead atoms. The number of rotatable bonds is 2. The van der Waals surface area contributed by atoms with Crippen LogP contribution in [-0.4, -0.2) is 20.2 Å². The average molecular weight is 306 g/mol. The van der Waals surface area contributed by atoms with Crippen LogP contribution in [0.15, 0.2) is 18.2 Å². The van der Waals surface area contributed by atoms with Gasteiger partial charge in [0.15, 0.2) is 5.82 Å². The van der Waals surface area contributed by atoms with Crippen molar-refractivity contribution in [1.82, 2.24) is 20.2 Å². The van der Waals surface area contributed by atoms with Gasteiger partial charge in [0.25, 0.3) is 0 Å². The summed E-state index contributed by atoms with van der Waals surface area (Å²) in [4.78, 5) is 0. The van der Waals surface area contributed by atoms with E-state index in [-0.39, 0.29) is 5.41 Å². The van der Waals surface area contributed by atoms with Crippen LogP contribution in [0.4, 0.5) is 5.69 Å². The van der Waals surface area contributed by atoms with Gasteiger partial charge in [-0.2, -0.15) is 0 Å². The lowest BCUT2D eigenvalue weighted by atomic mass is 9.73. The van der Waals surface area contributed by atoms with Crippen LogP contribution in [0.1, 0.15) is 45.6 Å². The number of halogens is 1. The Bertz CT molecular complexity index is 649. The second kappa shape index (κ2) is 5.30. The van der Waals surface area contributed by atoms with Crippen molar-refractivity contribution >= 4 is 17.3 Å². The molecule has 0 saturated heterocycles. The summed E-state index contributed by atoms with van der Waals surface area (Å²) in [7, 11) is 0. The molecule has 1 heterocycles. The minimum Gasteiger partial charge on any atom is -0.398 e. The van der Waals surface area contributed by atoms with Gasteiger partial charge in [0.1, 0.15) is 0 Å². The molecule has 5 nitrogen and oxygen atoms in total. The Morgan fingerprint density at radius 2 is 2.14 bits per heavy atom. The lowest BCUT2D eigenvalue weighted by molar-refractivity contribution is 0.132. The molecule has 1 aliphatic rings. The number of hydrogen-bond donors (Lipinski definition) is 1. The third kappa shape index (κ3) is 2.62. The Balaban J connectivity index is 2.02. The third-order valence-corrected chi connectivity index (χ3v) is 4.82. The fraction of sp³-hybridized carbons (Fsp3) is 0.533. The van der Waals surface area contributed by atoms with Gasteiger partial charge in [-0.3, -0.25) is 0 Å². The van der Waals surface area contributed by atoms with Crippen LogP contribution in [0.3, 0.4) is 0 Å². The maximum absolute atomic E-state index is 6.12. The predicted molar refractivity (Wildman–Crippen MR) is 84.0 cm³/mol. The highest BCUT2D eigenvalue weighted by molar-refractivity contribution is 6.33. The normalized spacial score (nSPS) is 21.4. The van der Waals surface area contributed by atoms with Crippen molar-refractivity contribution in [3.05, 3.63) is 23.2 Å². The molecule has 1 aromatic carbocycles. The van der Waals surface area contributed by atoms with Crippen LogP contribution < -0.4 is 5.73 Å². The van der Waals surface area contributed by atoms with E-state index >= 15 is 0 Å². The Morgan fingerprint density at radius 1 is 1.33 bits per heavy atom. The highest BCUT2D eigenvalue weighted by Gasteiger charge is 2.35. The van der Waals surface area contributed by atoms with Crippen LogP contribution in [0.2, 0.25) is 5.02 Å². The fourth-order valence-corrected chi connectivity index (χ4v) is 3.37. The number of benzene rings is 1. The van der Waals surface area contributed by atoms with Gasteiger partial charge >= 0.3 is 0 Å². The zero-order chi connectivity index (χ0) is 15.0. The van der Waals surface area contributed by atoms with E-state index in [9.17, 15) is 0 Å². The molecule has 1 atom stereocenters. The van der Waals surface area contributed by atoms with Crippen LogP contribution in [0.5, 0.6) is 0 Å². The predicted octanol–water partition coefficient (Wildman–Crippen LogP) is 3.72. The van der Waals surface area contributed by atoms with E-state index in [0.29, 0.717) is 16.8 Å². The van der Waals surface area contributed by atoms with E-state index in [1.165, 1.54) is 19.3 Å². The smallest absolute Gasteiger partial charge is 0.182 e. The largest absolute Gasteiger partial charge is 0.398 e. The van der Waals surface area contributed by atoms with Crippen molar-refractivity contribution in [1.29, 1.82) is 0 Å². The van der Waals surface area contributed by atoms with Crippen LogP contribution in [0.25, 0.3) is 11.4 Å². The van der Waals surface area contributed by atoms with Crippen LogP contribution >= 0.6 is 11.6 Å². The van der Waals surface area contributed by atoms with Gasteiger partial charge in [0.2, 0.25) is 0 Å². The van der Waals surface area contributed by atoms with E-state index in [1.807, 2.05) is 16.8 Å². The molecule has 1 fully saturated rings. The summed E-state index contributed by atoms with van der Waals surface area (Å²) in [6, 6.07) is 5.85. The molecule has 1 unspecified atom stereocenters. The Kier molecular flexibility index (Phi) is 3.61. The number of anilines is 1. The summed E-state index contributed by atoms with van der Waals surface area (Å²) in [6.07, 6.45) is 4.79. The van der Waals surface area contributed by atoms with Crippen molar-refractivity contribution in [3.63, 3.8) is 0 Å². The van der Waals surface area contributed by atoms with Crippen molar-refractivity contribution in [3.8, 4) is 11.4 Å². The van der Waals surface area contributed by atoms with E-state index in [1.54, 1.807) is 6.07 Å². The summed E-state index contributed by atoms with van der Waals surface area (Å²) in [6.45, 7) is 4.58. The molecule has 0 spiro atoms. The molecule has 21 heavy (non-hydrogen) atoms. The molecule has 112 valence electrons. The summed E-state index contributed by atoms with van der Waals surface area (Å²) >= 11 is 6.12. The number of aromatic nitrogens is 4. The second-order valence-corrected chi connectivity index (χ2v) is 6.84. The first kappa shape index (κ1) is 14.3. The summed E-state index contributed by atoms with van der Waals surface area (Å²) < 4.78 is 1.96. The quantitative estimate of drug-likeness (QED) is 0.859. The second-order valence-electron chi connectivity index (χ2n) is 6.43. The molecule has 6 heteroatoms. The highest BCUT2D eigenvalue weighted by Crippen LogP contribution is 2.44. The average Bonchev–Trinajstić information content (AvgIpc) is 2.90. The fourth-order valence-electron chi connectivity index (χ4n) is 3.19. The number of nitrogens with two attached hydrogens (primary N) is 1. The van der Waals surface area contributed by atoms with Crippen molar-refractivity contribution in [2.75, 3.05) is 5.73 Å². The van der Waals surface area contributed by atoms with Crippen LogP contribution in [0, 0.1) is 5.41 Å². The molecule has 2 N–H and O–H groups in total. The molecule has 2 aromatic rings. The first-order chi connectivity index (χ1) is 9.99. The van der Waals surface area contributed by atoms with Crippen LogP contribution in [-0.2, 0) is 0 Å². The summed E-state index contributed by atoms with van der Waals surface area (Å²) in [5.74, 6) is 0.761. The van der Waals surface area contributed by atoms with E-state index < -0.39 is 0 Å². The van der Waals surface area contributed by atoms with Crippen molar-refractivity contribution in [2.24, 2.45) is 5.41 Å². The SMILES string of the molecule is CC1(C)CCCCC1n1nnnc1-c1ccc(N)c(Cl)c1. The monoisotopic (exact) mass is 305 g/mol. The number of tetrazole rings is 1. The van der Waals surface area contributed by atoms with Crippen molar-refractivity contribution < 1.29 is 0 Å². The molecular weight excluding hydrogens is 286 g/mol. The minimum atomic E-state index is 0.194. The lowest BCUT2D eigenvalue weighted by Crippen LogP contribution is -2.31. The number of nitrogen functional groups attached to an aromatic ring is 1. The summed E-state index contributed by atoms with van der Waals surface area (Å²) in [5.41, 5.74) is 7.44. The topological polar surface area (TPSA) is 69.6 Å². The van der Waals surface area contributed by atoms with E-state index in [2.05, 4.69) is 29.4 Å². The molecule has 0 amide bonds. The number of hydrogen-bond acceptors (Lipinski definition) is 4. The Labute approximate surface area is 129 Å². The molecular formula is C15H20ClN5. The van der Waals surface area contributed by atoms with Gasteiger partial charge in [0.05, 0.1) is 16.8 Å². The molecule has 1 saturated carbocycles. The Hall–Kier alpha value is -1.62. The Morgan fingerprint density at radius 3 is 2.86 bits per heavy atom. The van der Waals surface area contributed by atoms with Crippen molar-refractivity contribution in [2.45, 2.75) is 45.6 Å². The van der Waals surface area contributed by atoms with E-state index in [0.717, 1.165) is 17.8 Å². The number of nitrogens with zero attached hydrogens (tertiary/aromatic N) is 4. The molecule has 0 radical (unpaired) electrons. The van der Waals surface area contributed by atoms with Gasteiger partial charge in [-0.05, 0) is 46.9 Å². The first-order valence-corrected chi connectivity index (χ1v) is 7.70. The molecule has 0 aliphatic heterocycles. The van der Waals surface area contributed by atoms with Gasteiger partial charge in [-0.15, -0.1) is 5.10 Å². The van der Waals surface area contributed by atoms with Gasteiger partial charge in [0, 0.05) is 5.56 Å². The maximum atomic E-state index is 6.12. The van der Waals surface area contributed by atoms with Gasteiger partial charge in [-0.1, -0.05) is 38.3 Å². The lowest BCUT2D eigenvalue weighted by Gasteiger charge is -2.38. The molecule has 1 aromatic heterocycles. The van der Waals surface area contributed by atoms with Gasteiger partial charge in [-0.25, -0.2) is 4.68 Å². The zero-order valence-electron chi connectivity index (χ0n) is 12.4. The standard InChI is InChI=1S/C15H20ClN5/c1-15(2)8-4-3-5-13(15)21-14(18-19-20-21)10-6-7-12(17)11(16)9-10/h6-7,9,13H,3-5,8,17H2,1-2H3. The molecule has 3 rings (SSSR count). The minimum absolute atomic E-state index is 0.194. The van der Waals surface area contributed by atoms with E-state index in [4.69, 9.17) is 17.3 Å². The molecule has 1 aliphatic carbocycles. The third-order valence-electron chi connectivity index (χ3n) is 4.50. The first-order valence-electron chi connectivity index (χ1n) is 7.32. The summed E-state index contributed by atoms with van der Waals surface area (Å²) in [5, 5.41) is 12.9. The maximum Gasteiger partial charge on any atom is 0.182 e. The van der Waals surface area contributed by atoms with Gasteiger partial charge < -0.3 is 5.73 Å². The zero-order valence-corrected chi connectivity index (χ0v) is 13.1.